The molecule has 2 heterocycles. The minimum absolute atomic E-state index is 0.654. The normalized spacial score (nSPS) is 21.5. The molecule has 0 bridgehead atoms. The standard InChI is InChI=1S/C17H26N2O2/c1-2-8-19(15-4-3-7-18-12-15)13-14-5-6-16-17(11-14)21-10-9-20-16/h5-6,11,15,18H,2-4,7-10,12-13H2,1H3. The third-order valence-electron chi connectivity index (χ3n) is 4.29. The van der Waals surface area contributed by atoms with Crippen molar-refractivity contribution in [2.75, 3.05) is 32.8 Å². The molecule has 1 aromatic rings. The van der Waals surface area contributed by atoms with Gasteiger partial charge in [-0.05, 0) is 50.0 Å². The van der Waals surface area contributed by atoms with Crippen LogP contribution in [0.3, 0.4) is 0 Å². The van der Waals surface area contributed by atoms with Crippen LogP contribution in [0.25, 0.3) is 0 Å². The van der Waals surface area contributed by atoms with Crippen LogP contribution in [0, 0.1) is 0 Å². The zero-order valence-electron chi connectivity index (χ0n) is 12.9. The van der Waals surface area contributed by atoms with Gasteiger partial charge in [-0.15, -0.1) is 0 Å². The molecular formula is C17H26N2O2. The fraction of sp³-hybridized carbons (Fsp3) is 0.647. The van der Waals surface area contributed by atoms with Crippen LogP contribution in [-0.4, -0.2) is 43.8 Å². The summed E-state index contributed by atoms with van der Waals surface area (Å²) in [6.07, 6.45) is 3.78. The summed E-state index contributed by atoms with van der Waals surface area (Å²) < 4.78 is 11.3. The van der Waals surface area contributed by atoms with Crippen LogP contribution in [0.2, 0.25) is 0 Å². The summed E-state index contributed by atoms with van der Waals surface area (Å²) in [5.74, 6) is 1.78. The number of rotatable bonds is 5. The van der Waals surface area contributed by atoms with E-state index in [4.69, 9.17) is 9.47 Å². The van der Waals surface area contributed by atoms with E-state index in [2.05, 4.69) is 29.3 Å². The molecule has 0 aromatic heterocycles. The molecule has 1 aromatic carbocycles. The summed E-state index contributed by atoms with van der Waals surface area (Å²) in [5.41, 5.74) is 1.32. The van der Waals surface area contributed by atoms with E-state index in [0.29, 0.717) is 19.3 Å². The molecule has 2 aliphatic rings. The van der Waals surface area contributed by atoms with Gasteiger partial charge in [0.2, 0.25) is 0 Å². The number of hydrogen-bond donors (Lipinski definition) is 1. The second-order valence-corrected chi connectivity index (χ2v) is 5.95. The second kappa shape index (κ2) is 7.14. The van der Waals surface area contributed by atoms with Gasteiger partial charge in [0, 0.05) is 19.1 Å². The minimum atomic E-state index is 0.654. The Morgan fingerprint density at radius 3 is 2.86 bits per heavy atom. The van der Waals surface area contributed by atoms with Crippen LogP contribution in [0.15, 0.2) is 18.2 Å². The zero-order chi connectivity index (χ0) is 14.5. The lowest BCUT2D eigenvalue weighted by Crippen LogP contribution is -2.45. The third-order valence-corrected chi connectivity index (χ3v) is 4.29. The molecule has 0 spiro atoms. The average molecular weight is 290 g/mol. The van der Waals surface area contributed by atoms with Crippen LogP contribution in [0.1, 0.15) is 31.7 Å². The molecule has 1 unspecified atom stereocenters. The fourth-order valence-corrected chi connectivity index (χ4v) is 3.24. The summed E-state index contributed by atoms with van der Waals surface area (Å²) in [5, 5.41) is 3.52. The maximum absolute atomic E-state index is 5.70. The van der Waals surface area contributed by atoms with Gasteiger partial charge in [0.15, 0.2) is 11.5 Å². The van der Waals surface area contributed by atoms with Crippen LogP contribution < -0.4 is 14.8 Å². The quantitative estimate of drug-likeness (QED) is 0.903. The van der Waals surface area contributed by atoms with Crippen LogP contribution >= 0.6 is 0 Å². The number of nitrogens with one attached hydrogen (secondary N) is 1. The maximum Gasteiger partial charge on any atom is 0.161 e. The first-order valence-electron chi connectivity index (χ1n) is 8.20. The highest BCUT2D eigenvalue weighted by atomic mass is 16.6. The van der Waals surface area contributed by atoms with Crippen molar-refractivity contribution in [1.82, 2.24) is 10.2 Å². The molecule has 1 atom stereocenters. The minimum Gasteiger partial charge on any atom is -0.486 e. The predicted molar refractivity (Wildman–Crippen MR) is 84.0 cm³/mol. The maximum atomic E-state index is 5.70. The number of benzene rings is 1. The first-order valence-corrected chi connectivity index (χ1v) is 8.20. The Kier molecular flexibility index (Phi) is 4.99. The first-order chi connectivity index (χ1) is 10.4. The smallest absolute Gasteiger partial charge is 0.161 e. The molecular weight excluding hydrogens is 264 g/mol. The number of nitrogens with zero attached hydrogens (tertiary/aromatic N) is 1. The molecule has 0 aliphatic carbocycles. The SMILES string of the molecule is CCCN(Cc1ccc2c(c1)OCCO2)C1CCCNC1. The first kappa shape index (κ1) is 14.7. The summed E-state index contributed by atoms with van der Waals surface area (Å²) in [4.78, 5) is 2.61. The van der Waals surface area contributed by atoms with E-state index >= 15 is 0 Å². The molecule has 0 amide bonds. The van der Waals surface area contributed by atoms with Gasteiger partial charge in [-0.3, -0.25) is 4.90 Å². The highest BCUT2D eigenvalue weighted by molar-refractivity contribution is 5.43. The van der Waals surface area contributed by atoms with Gasteiger partial charge in [0.05, 0.1) is 0 Å². The summed E-state index contributed by atoms with van der Waals surface area (Å²) in [6.45, 7) is 8.00. The van der Waals surface area contributed by atoms with E-state index in [0.717, 1.165) is 31.1 Å². The molecule has 2 aliphatic heterocycles. The highest BCUT2D eigenvalue weighted by Gasteiger charge is 2.21. The molecule has 0 saturated carbocycles. The average Bonchev–Trinajstić information content (AvgIpc) is 2.55. The Morgan fingerprint density at radius 2 is 2.10 bits per heavy atom. The molecule has 1 fully saturated rings. The van der Waals surface area contributed by atoms with Gasteiger partial charge in [-0.1, -0.05) is 13.0 Å². The Balaban J connectivity index is 1.69. The van der Waals surface area contributed by atoms with Crippen molar-refractivity contribution in [2.24, 2.45) is 0 Å². The molecule has 1 saturated heterocycles. The second-order valence-electron chi connectivity index (χ2n) is 5.95. The molecule has 116 valence electrons. The molecule has 3 rings (SSSR count). The molecule has 0 radical (unpaired) electrons. The van der Waals surface area contributed by atoms with Crippen molar-refractivity contribution in [3.63, 3.8) is 0 Å². The lowest BCUT2D eigenvalue weighted by molar-refractivity contribution is 0.155. The summed E-state index contributed by atoms with van der Waals surface area (Å²) in [6, 6.07) is 7.03. The third kappa shape index (κ3) is 3.69. The van der Waals surface area contributed by atoms with Crippen LogP contribution in [0.5, 0.6) is 11.5 Å². The van der Waals surface area contributed by atoms with Crippen molar-refractivity contribution >= 4 is 0 Å². The molecule has 21 heavy (non-hydrogen) atoms. The Hall–Kier alpha value is -1.26. The van der Waals surface area contributed by atoms with E-state index in [1.165, 1.54) is 31.4 Å². The van der Waals surface area contributed by atoms with E-state index in [-0.39, 0.29) is 0 Å². The fourth-order valence-electron chi connectivity index (χ4n) is 3.24. The van der Waals surface area contributed by atoms with Gasteiger partial charge in [0.1, 0.15) is 13.2 Å². The summed E-state index contributed by atoms with van der Waals surface area (Å²) in [7, 11) is 0. The molecule has 1 N–H and O–H groups in total. The van der Waals surface area contributed by atoms with Crippen molar-refractivity contribution in [2.45, 2.75) is 38.8 Å². The van der Waals surface area contributed by atoms with Gasteiger partial charge in [-0.2, -0.15) is 0 Å². The van der Waals surface area contributed by atoms with Crippen molar-refractivity contribution < 1.29 is 9.47 Å². The lowest BCUT2D eigenvalue weighted by atomic mass is 10.0. The zero-order valence-corrected chi connectivity index (χ0v) is 12.9. The largest absolute Gasteiger partial charge is 0.486 e. The van der Waals surface area contributed by atoms with E-state index < -0.39 is 0 Å². The van der Waals surface area contributed by atoms with Gasteiger partial charge < -0.3 is 14.8 Å². The number of piperidine rings is 1. The van der Waals surface area contributed by atoms with Crippen LogP contribution in [-0.2, 0) is 6.54 Å². The lowest BCUT2D eigenvalue weighted by Gasteiger charge is -2.34. The summed E-state index contributed by atoms with van der Waals surface area (Å²) >= 11 is 0. The number of hydrogen-bond acceptors (Lipinski definition) is 4. The van der Waals surface area contributed by atoms with Crippen molar-refractivity contribution in [3.8, 4) is 11.5 Å². The topological polar surface area (TPSA) is 33.7 Å². The van der Waals surface area contributed by atoms with Gasteiger partial charge in [0.25, 0.3) is 0 Å². The Morgan fingerprint density at radius 1 is 1.24 bits per heavy atom. The van der Waals surface area contributed by atoms with Gasteiger partial charge >= 0.3 is 0 Å². The Labute approximate surface area is 127 Å². The highest BCUT2D eigenvalue weighted by Crippen LogP contribution is 2.31. The van der Waals surface area contributed by atoms with E-state index in [9.17, 15) is 0 Å². The van der Waals surface area contributed by atoms with E-state index in [1.807, 2.05) is 6.07 Å². The van der Waals surface area contributed by atoms with Gasteiger partial charge in [-0.25, -0.2) is 0 Å². The van der Waals surface area contributed by atoms with Crippen LogP contribution in [0.4, 0.5) is 0 Å². The van der Waals surface area contributed by atoms with E-state index in [1.54, 1.807) is 0 Å². The van der Waals surface area contributed by atoms with Crippen molar-refractivity contribution in [3.05, 3.63) is 23.8 Å². The number of fused-ring (bicyclic) bond motifs is 1. The number of ether oxygens (including phenoxy) is 2. The van der Waals surface area contributed by atoms with Crippen molar-refractivity contribution in [1.29, 1.82) is 0 Å². The predicted octanol–water partition coefficient (Wildman–Crippen LogP) is 2.42. The Bertz CT molecular complexity index is 458. The molecule has 4 nitrogen and oxygen atoms in total. The molecule has 4 heteroatoms. The monoisotopic (exact) mass is 290 g/mol.